The van der Waals surface area contributed by atoms with Gasteiger partial charge in [0.25, 0.3) is 0 Å². The zero-order valence-electron chi connectivity index (χ0n) is 6.81. The average Bonchev–Trinajstić information content (AvgIpc) is 2.85. The second-order valence-electron chi connectivity index (χ2n) is 3.12. The van der Waals surface area contributed by atoms with Crippen molar-refractivity contribution in [2.75, 3.05) is 6.54 Å². The summed E-state index contributed by atoms with van der Waals surface area (Å²) in [6.45, 7) is 1.84. The molecule has 1 aromatic rings. The van der Waals surface area contributed by atoms with Crippen LogP contribution < -0.4 is 0 Å². The zero-order valence-corrected chi connectivity index (χ0v) is 6.81. The minimum Gasteiger partial charge on any atom is -0.302 e. The van der Waals surface area contributed by atoms with Crippen LogP contribution in [-0.4, -0.2) is 23.8 Å². The summed E-state index contributed by atoms with van der Waals surface area (Å²) < 4.78 is 0. The number of hydrogen-bond acceptors (Lipinski definition) is 2. The first-order valence-electron chi connectivity index (χ1n) is 4.13. The minimum absolute atomic E-state index is 0.185. The smallest absolute Gasteiger partial charge is 0.138 e. The van der Waals surface area contributed by atoms with Crippen LogP contribution in [0.25, 0.3) is 0 Å². The molecule has 12 heavy (non-hydrogen) atoms. The molecule has 0 bridgehead atoms. The first kappa shape index (κ1) is 7.50. The van der Waals surface area contributed by atoms with Gasteiger partial charge in [-0.2, -0.15) is 0 Å². The van der Waals surface area contributed by atoms with E-state index in [0.29, 0.717) is 0 Å². The van der Waals surface area contributed by atoms with Crippen molar-refractivity contribution >= 4 is 6.29 Å². The Morgan fingerprint density at radius 3 is 2.75 bits per heavy atom. The van der Waals surface area contributed by atoms with Gasteiger partial charge in [0.2, 0.25) is 0 Å². The molecule has 2 nitrogen and oxygen atoms in total. The summed E-state index contributed by atoms with van der Waals surface area (Å²) >= 11 is 0. The van der Waals surface area contributed by atoms with Gasteiger partial charge in [-0.3, -0.25) is 4.90 Å². The lowest BCUT2D eigenvalue weighted by molar-refractivity contribution is -0.108. The minimum atomic E-state index is 0.185. The molecule has 0 radical (unpaired) electrons. The molecule has 0 aliphatic carbocycles. The molecule has 2 unspecified atom stereocenters. The standard InChI is InChI=1S/C10H11NO/c12-8-10-7-11(10)6-9-4-2-1-3-5-9/h1-5,8,10H,6-7H2. The average molecular weight is 161 g/mol. The molecule has 2 heteroatoms. The number of carbonyl (C=O) groups excluding carboxylic acids is 1. The van der Waals surface area contributed by atoms with Crippen LogP contribution in [0.1, 0.15) is 5.56 Å². The van der Waals surface area contributed by atoms with E-state index < -0.39 is 0 Å². The van der Waals surface area contributed by atoms with E-state index in [1.165, 1.54) is 5.56 Å². The van der Waals surface area contributed by atoms with Gasteiger partial charge in [0.05, 0.1) is 6.04 Å². The molecule has 0 spiro atoms. The van der Waals surface area contributed by atoms with Gasteiger partial charge >= 0.3 is 0 Å². The first-order valence-corrected chi connectivity index (χ1v) is 4.13. The second kappa shape index (κ2) is 3.07. The number of rotatable bonds is 3. The fourth-order valence-electron chi connectivity index (χ4n) is 1.32. The van der Waals surface area contributed by atoms with Crippen molar-refractivity contribution in [1.82, 2.24) is 4.90 Å². The summed E-state index contributed by atoms with van der Waals surface area (Å²) in [5.41, 5.74) is 1.28. The van der Waals surface area contributed by atoms with Crippen molar-refractivity contribution in [3.63, 3.8) is 0 Å². The van der Waals surface area contributed by atoms with Crippen LogP contribution >= 0.6 is 0 Å². The Bertz CT molecular complexity index is 270. The summed E-state index contributed by atoms with van der Waals surface area (Å²) in [4.78, 5) is 12.5. The fourth-order valence-corrected chi connectivity index (χ4v) is 1.32. The van der Waals surface area contributed by atoms with Gasteiger partial charge in [-0.15, -0.1) is 0 Å². The van der Waals surface area contributed by atoms with E-state index in [9.17, 15) is 4.79 Å². The number of carbonyl (C=O) groups is 1. The van der Waals surface area contributed by atoms with Gasteiger partial charge in [-0.1, -0.05) is 30.3 Å². The van der Waals surface area contributed by atoms with E-state index >= 15 is 0 Å². The zero-order chi connectivity index (χ0) is 8.39. The quantitative estimate of drug-likeness (QED) is 0.488. The SMILES string of the molecule is O=CC1CN1Cc1ccccc1. The third kappa shape index (κ3) is 1.53. The lowest BCUT2D eigenvalue weighted by Crippen LogP contribution is -2.02. The van der Waals surface area contributed by atoms with Crippen LogP contribution in [0.4, 0.5) is 0 Å². The van der Waals surface area contributed by atoms with Crippen LogP contribution in [0.15, 0.2) is 30.3 Å². The highest BCUT2D eigenvalue weighted by atomic mass is 16.1. The first-order chi connectivity index (χ1) is 5.90. The third-order valence-corrected chi connectivity index (χ3v) is 2.14. The molecule has 0 amide bonds. The van der Waals surface area contributed by atoms with Crippen molar-refractivity contribution in [1.29, 1.82) is 0 Å². The van der Waals surface area contributed by atoms with Gasteiger partial charge in [0.15, 0.2) is 0 Å². The molecule has 0 N–H and O–H groups in total. The number of nitrogens with zero attached hydrogens (tertiary/aromatic N) is 1. The Hall–Kier alpha value is -1.15. The Morgan fingerprint density at radius 2 is 2.17 bits per heavy atom. The number of aldehydes is 1. The molecule has 1 aliphatic rings. The molecule has 0 saturated carbocycles. The number of benzene rings is 1. The topological polar surface area (TPSA) is 20.1 Å². The van der Waals surface area contributed by atoms with E-state index in [2.05, 4.69) is 17.0 Å². The monoisotopic (exact) mass is 161 g/mol. The van der Waals surface area contributed by atoms with Gasteiger partial charge in [-0.25, -0.2) is 0 Å². The van der Waals surface area contributed by atoms with Crippen molar-refractivity contribution < 1.29 is 4.79 Å². The summed E-state index contributed by atoms with van der Waals surface area (Å²) in [6.07, 6.45) is 1.02. The molecule has 1 saturated heterocycles. The maximum Gasteiger partial charge on any atom is 0.138 e. The molecule has 1 aliphatic heterocycles. The van der Waals surface area contributed by atoms with Crippen molar-refractivity contribution in [2.45, 2.75) is 12.6 Å². The Balaban J connectivity index is 1.93. The highest BCUT2D eigenvalue weighted by Crippen LogP contribution is 2.18. The molecular formula is C10H11NO. The summed E-state index contributed by atoms with van der Waals surface area (Å²) in [7, 11) is 0. The molecule has 0 aromatic heterocycles. The molecule has 62 valence electrons. The van der Waals surface area contributed by atoms with Crippen LogP contribution in [0.5, 0.6) is 0 Å². The predicted octanol–water partition coefficient (Wildman–Crippen LogP) is 1.07. The lowest BCUT2D eigenvalue weighted by Gasteiger charge is -2.00. The largest absolute Gasteiger partial charge is 0.302 e. The van der Waals surface area contributed by atoms with Gasteiger partial charge in [-0.05, 0) is 5.56 Å². The fraction of sp³-hybridized carbons (Fsp3) is 0.300. The Morgan fingerprint density at radius 1 is 1.42 bits per heavy atom. The van der Waals surface area contributed by atoms with Crippen LogP contribution in [0, 0.1) is 0 Å². The van der Waals surface area contributed by atoms with Crippen LogP contribution in [0.2, 0.25) is 0 Å². The maximum absolute atomic E-state index is 10.3. The lowest BCUT2D eigenvalue weighted by atomic mass is 10.2. The molecule has 1 aromatic carbocycles. The molecule has 1 fully saturated rings. The van der Waals surface area contributed by atoms with Crippen molar-refractivity contribution in [2.24, 2.45) is 0 Å². The Labute approximate surface area is 71.8 Å². The summed E-state index contributed by atoms with van der Waals surface area (Å²) in [5, 5.41) is 0. The predicted molar refractivity (Wildman–Crippen MR) is 46.7 cm³/mol. The van der Waals surface area contributed by atoms with E-state index in [4.69, 9.17) is 0 Å². The maximum atomic E-state index is 10.3. The highest BCUT2D eigenvalue weighted by molar-refractivity contribution is 5.62. The van der Waals surface area contributed by atoms with Gasteiger partial charge in [0, 0.05) is 13.1 Å². The molecule has 2 atom stereocenters. The van der Waals surface area contributed by atoms with Gasteiger partial charge in [0.1, 0.15) is 6.29 Å². The normalized spacial score (nSPS) is 26.7. The Kier molecular flexibility index (Phi) is 1.92. The van der Waals surface area contributed by atoms with Crippen molar-refractivity contribution in [3.8, 4) is 0 Å². The highest BCUT2D eigenvalue weighted by Gasteiger charge is 2.32. The summed E-state index contributed by atoms with van der Waals surface area (Å²) in [5.74, 6) is 0. The molecule has 1 heterocycles. The van der Waals surface area contributed by atoms with E-state index in [1.54, 1.807) is 0 Å². The number of hydrogen-bond donors (Lipinski definition) is 0. The van der Waals surface area contributed by atoms with Crippen molar-refractivity contribution in [3.05, 3.63) is 35.9 Å². The van der Waals surface area contributed by atoms with Gasteiger partial charge < -0.3 is 4.79 Å². The third-order valence-electron chi connectivity index (χ3n) is 2.14. The second-order valence-corrected chi connectivity index (χ2v) is 3.12. The molecule has 2 rings (SSSR count). The summed E-state index contributed by atoms with van der Waals surface area (Å²) in [6, 6.07) is 10.4. The van der Waals surface area contributed by atoms with Crippen LogP contribution in [-0.2, 0) is 11.3 Å². The van der Waals surface area contributed by atoms with E-state index in [1.807, 2.05) is 18.2 Å². The van der Waals surface area contributed by atoms with Crippen LogP contribution in [0.3, 0.4) is 0 Å². The van der Waals surface area contributed by atoms with E-state index in [0.717, 1.165) is 19.4 Å². The van der Waals surface area contributed by atoms with E-state index in [-0.39, 0.29) is 6.04 Å². The molecular weight excluding hydrogens is 150 g/mol.